The van der Waals surface area contributed by atoms with Crippen LogP contribution >= 0.6 is 0 Å². The number of nitrogens with zero attached hydrogens (tertiary/aromatic N) is 5. The SMILES string of the molecule is Cn1ccnc1CN1CCC2(CCCN(Cc3ccccn3)C2)C1. The molecule has 4 heterocycles. The van der Waals surface area contributed by atoms with Crippen LogP contribution in [0.15, 0.2) is 36.8 Å². The number of aromatic nitrogens is 3. The second-order valence-corrected chi connectivity index (χ2v) is 7.55. The molecule has 1 spiro atoms. The third-order valence-corrected chi connectivity index (χ3v) is 5.66. The molecule has 0 aromatic carbocycles. The molecule has 1 atom stereocenters. The number of pyridine rings is 1. The standard InChI is InChI=1S/C19H27N5/c1-22-12-9-21-18(22)14-24-11-7-19(16-24)6-4-10-23(15-19)13-17-5-2-3-8-20-17/h2-3,5,8-9,12H,4,6-7,10-11,13-16H2,1H3. The van der Waals surface area contributed by atoms with Crippen LogP contribution in [0.25, 0.3) is 0 Å². The minimum Gasteiger partial charge on any atom is -0.337 e. The zero-order valence-corrected chi connectivity index (χ0v) is 14.6. The van der Waals surface area contributed by atoms with E-state index in [1.807, 2.05) is 24.7 Å². The number of hydrogen-bond acceptors (Lipinski definition) is 4. The van der Waals surface area contributed by atoms with Crippen molar-refractivity contribution in [1.29, 1.82) is 0 Å². The number of hydrogen-bond donors (Lipinski definition) is 0. The average Bonchev–Trinajstić information content (AvgIpc) is 3.16. The molecule has 2 aliphatic heterocycles. The molecule has 0 saturated carbocycles. The number of piperidine rings is 1. The van der Waals surface area contributed by atoms with Gasteiger partial charge in [-0.25, -0.2) is 4.98 Å². The Morgan fingerprint density at radius 2 is 1.88 bits per heavy atom. The van der Waals surface area contributed by atoms with Crippen molar-refractivity contribution in [1.82, 2.24) is 24.3 Å². The van der Waals surface area contributed by atoms with E-state index in [2.05, 4.69) is 43.5 Å². The molecule has 2 saturated heterocycles. The van der Waals surface area contributed by atoms with Gasteiger partial charge in [0.2, 0.25) is 0 Å². The zero-order chi connectivity index (χ0) is 16.4. The van der Waals surface area contributed by atoms with E-state index < -0.39 is 0 Å². The molecule has 2 aromatic heterocycles. The Morgan fingerprint density at radius 3 is 2.62 bits per heavy atom. The van der Waals surface area contributed by atoms with Crippen molar-refractivity contribution in [3.8, 4) is 0 Å². The van der Waals surface area contributed by atoms with Gasteiger partial charge in [0.15, 0.2) is 0 Å². The summed E-state index contributed by atoms with van der Waals surface area (Å²) in [5, 5.41) is 0. The monoisotopic (exact) mass is 325 g/mol. The van der Waals surface area contributed by atoms with Gasteiger partial charge in [-0.05, 0) is 49.9 Å². The lowest BCUT2D eigenvalue weighted by Gasteiger charge is -2.40. The predicted molar refractivity (Wildman–Crippen MR) is 94.3 cm³/mol. The fourth-order valence-electron chi connectivity index (χ4n) is 4.41. The van der Waals surface area contributed by atoms with E-state index in [0.717, 1.165) is 13.1 Å². The molecule has 5 nitrogen and oxygen atoms in total. The van der Waals surface area contributed by atoms with E-state index in [4.69, 9.17) is 0 Å². The quantitative estimate of drug-likeness (QED) is 0.864. The molecule has 2 aromatic rings. The number of aryl methyl sites for hydroxylation is 1. The maximum Gasteiger partial charge on any atom is 0.122 e. The van der Waals surface area contributed by atoms with Crippen molar-refractivity contribution in [3.05, 3.63) is 48.3 Å². The van der Waals surface area contributed by atoms with Crippen LogP contribution in [-0.2, 0) is 20.1 Å². The highest BCUT2D eigenvalue weighted by Crippen LogP contribution is 2.39. The smallest absolute Gasteiger partial charge is 0.122 e. The second-order valence-electron chi connectivity index (χ2n) is 7.55. The van der Waals surface area contributed by atoms with Crippen LogP contribution in [0.1, 0.15) is 30.8 Å². The number of likely N-dealkylation sites (tertiary alicyclic amines) is 2. The highest BCUT2D eigenvalue weighted by molar-refractivity contribution is 5.05. The fourth-order valence-corrected chi connectivity index (χ4v) is 4.41. The summed E-state index contributed by atoms with van der Waals surface area (Å²) < 4.78 is 2.14. The molecule has 0 aliphatic carbocycles. The number of imidazole rings is 1. The minimum atomic E-state index is 0.470. The van der Waals surface area contributed by atoms with Crippen LogP contribution in [0.5, 0.6) is 0 Å². The van der Waals surface area contributed by atoms with Gasteiger partial charge in [-0.15, -0.1) is 0 Å². The van der Waals surface area contributed by atoms with Crippen LogP contribution in [0.4, 0.5) is 0 Å². The summed E-state index contributed by atoms with van der Waals surface area (Å²) in [6.45, 7) is 6.79. The van der Waals surface area contributed by atoms with Crippen LogP contribution in [-0.4, -0.2) is 50.5 Å². The topological polar surface area (TPSA) is 37.2 Å². The third kappa shape index (κ3) is 3.37. The van der Waals surface area contributed by atoms with E-state index in [-0.39, 0.29) is 0 Å². The van der Waals surface area contributed by atoms with Crippen molar-refractivity contribution in [3.63, 3.8) is 0 Å². The van der Waals surface area contributed by atoms with Gasteiger partial charge in [0, 0.05) is 45.3 Å². The van der Waals surface area contributed by atoms with Crippen LogP contribution in [0, 0.1) is 5.41 Å². The molecule has 1 unspecified atom stereocenters. The Bertz CT molecular complexity index is 667. The van der Waals surface area contributed by atoms with E-state index >= 15 is 0 Å². The second kappa shape index (κ2) is 6.65. The first-order valence-corrected chi connectivity index (χ1v) is 9.03. The number of rotatable bonds is 4. The summed E-state index contributed by atoms with van der Waals surface area (Å²) in [5.74, 6) is 1.17. The Hall–Kier alpha value is -1.72. The van der Waals surface area contributed by atoms with Gasteiger partial charge in [0.25, 0.3) is 0 Å². The van der Waals surface area contributed by atoms with Gasteiger partial charge >= 0.3 is 0 Å². The highest BCUT2D eigenvalue weighted by Gasteiger charge is 2.41. The van der Waals surface area contributed by atoms with Gasteiger partial charge < -0.3 is 4.57 Å². The summed E-state index contributed by atoms with van der Waals surface area (Å²) in [5.41, 5.74) is 1.66. The molecule has 0 radical (unpaired) electrons. The Morgan fingerprint density at radius 1 is 1.00 bits per heavy atom. The molecule has 24 heavy (non-hydrogen) atoms. The summed E-state index contributed by atoms with van der Waals surface area (Å²) in [4.78, 5) is 14.2. The molecule has 5 heteroatoms. The first-order chi connectivity index (χ1) is 11.7. The fraction of sp³-hybridized carbons (Fsp3) is 0.579. The van der Waals surface area contributed by atoms with E-state index in [1.54, 1.807) is 0 Å². The molecule has 0 bridgehead atoms. The molecule has 2 aliphatic rings. The highest BCUT2D eigenvalue weighted by atomic mass is 15.2. The molecule has 2 fully saturated rings. The molecule has 4 rings (SSSR count). The van der Waals surface area contributed by atoms with E-state index in [0.29, 0.717) is 5.41 Å². The van der Waals surface area contributed by atoms with Crippen LogP contribution in [0.3, 0.4) is 0 Å². The van der Waals surface area contributed by atoms with Crippen molar-refractivity contribution in [2.24, 2.45) is 12.5 Å². The predicted octanol–water partition coefficient (Wildman–Crippen LogP) is 2.30. The first kappa shape index (κ1) is 15.8. The molecular formula is C19H27N5. The van der Waals surface area contributed by atoms with Crippen molar-refractivity contribution in [2.45, 2.75) is 32.4 Å². The van der Waals surface area contributed by atoms with E-state index in [1.165, 1.54) is 57.0 Å². The van der Waals surface area contributed by atoms with E-state index in [9.17, 15) is 0 Å². The van der Waals surface area contributed by atoms with Gasteiger partial charge in [-0.2, -0.15) is 0 Å². The van der Waals surface area contributed by atoms with Crippen LogP contribution < -0.4 is 0 Å². The van der Waals surface area contributed by atoms with Crippen molar-refractivity contribution >= 4 is 0 Å². The summed E-state index contributed by atoms with van der Waals surface area (Å²) >= 11 is 0. The molecule has 0 amide bonds. The summed E-state index contributed by atoms with van der Waals surface area (Å²) in [6.07, 6.45) is 9.83. The molecule has 128 valence electrons. The van der Waals surface area contributed by atoms with Crippen molar-refractivity contribution < 1.29 is 0 Å². The van der Waals surface area contributed by atoms with Crippen molar-refractivity contribution in [2.75, 3.05) is 26.2 Å². The maximum atomic E-state index is 4.50. The zero-order valence-electron chi connectivity index (χ0n) is 14.6. The lowest BCUT2D eigenvalue weighted by atomic mass is 9.79. The Labute approximate surface area is 144 Å². The maximum absolute atomic E-state index is 4.50. The average molecular weight is 325 g/mol. The largest absolute Gasteiger partial charge is 0.337 e. The lowest BCUT2D eigenvalue weighted by Crippen LogP contribution is -2.44. The van der Waals surface area contributed by atoms with Gasteiger partial charge in [-0.1, -0.05) is 6.07 Å². The van der Waals surface area contributed by atoms with Gasteiger partial charge in [0.05, 0.1) is 12.2 Å². The normalized spacial score (nSPS) is 25.5. The Balaban J connectivity index is 1.38. The molecule has 0 N–H and O–H groups in total. The summed E-state index contributed by atoms with van der Waals surface area (Å²) in [6, 6.07) is 6.23. The van der Waals surface area contributed by atoms with Gasteiger partial charge in [-0.3, -0.25) is 14.8 Å². The first-order valence-electron chi connectivity index (χ1n) is 9.03. The Kier molecular flexibility index (Phi) is 4.37. The minimum absolute atomic E-state index is 0.470. The summed E-state index contributed by atoms with van der Waals surface area (Å²) in [7, 11) is 2.09. The van der Waals surface area contributed by atoms with Crippen LogP contribution in [0.2, 0.25) is 0 Å². The third-order valence-electron chi connectivity index (χ3n) is 5.66. The van der Waals surface area contributed by atoms with Gasteiger partial charge in [0.1, 0.15) is 5.82 Å². The lowest BCUT2D eigenvalue weighted by molar-refractivity contribution is 0.0853. The molecular weight excluding hydrogens is 298 g/mol.